The topological polar surface area (TPSA) is 42.8 Å². The molecular formula is C21H30FN2O2+. The standard InChI is InChI=1S/C21H29FN2O2/c1-24(12-14-3-4-19(26-2)18(22)8-14)13-20(25)23-21-9-15-5-16(10-21)7-17(6-15)11-21/h3-4,8,15-17H,5-7,9-13H2,1-2H3,(H,23,25)/p+1. The fourth-order valence-electron chi connectivity index (χ4n) is 6.11. The van der Waals surface area contributed by atoms with E-state index in [1.54, 1.807) is 6.07 Å². The highest BCUT2D eigenvalue weighted by molar-refractivity contribution is 5.77. The summed E-state index contributed by atoms with van der Waals surface area (Å²) in [7, 11) is 3.45. The number of likely N-dealkylation sites (N-methyl/N-ethyl adjacent to an activating group) is 1. The maximum Gasteiger partial charge on any atom is 0.275 e. The van der Waals surface area contributed by atoms with Gasteiger partial charge in [0.15, 0.2) is 18.1 Å². The molecule has 5 rings (SSSR count). The molecule has 4 bridgehead atoms. The van der Waals surface area contributed by atoms with Gasteiger partial charge in [0.2, 0.25) is 0 Å². The summed E-state index contributed by atoms with van der Waals surface area (Å²) in [6, 6.07) is 5.01. The van der Waals surface area contributed by atoms with Crippen molar-refractivity contribution in [2.24, 2.45) is 17.8 Å². The number of rotatable bonds is 6. The van der Waals surface area contributed by atoms with E-state index in [-0.39, 0.29) is 23.0 Å². The number of nitrogens with one attached hydrogen (secondary N) is 2. The third-order valence-corrected chi connectivity index (χ3v) is 6.63. The number of hydrogen-bond donors (Lipinski definition) is 2. The number of amides is 1. The molecule has 4 aliphatic rings. The number of methoxy groups -OCH3 is 1. The molecule has 1 unspecified atom stereocenters. The lowest BCUT2D eigenvalue weighted by Crippen LogP contribution is -3.09. The van der Waals surface area contributed by atoms with Gasteiger partial charge in [-0.2, -0.15) is 0 Å². The number of halogens is 1. The molecule has 0 aliphatic heterocycles. The summed E-state index contributed by atoms with van der Waals surface area (Å²) in [4.78, 5) is 13.7. The van der Waals surface area contributed by atoms with Crippen LogP contribution in [0.4, 0.5) is 4.39 Å². The SMILES string of the molecule is COc1ccc(C[NH+](C)CC(=O)NC23CC4CC(CC(C4)C2)C3)cc1F. The molecule has 5 heteroatoms. The summed E-state index contributed by atoms with van der Waals surface area (Å²) >= 11 is 0. The van der Waals surface area contributed by atoms with Crippen molar-refractivity contribution in [2.45, 2.75) is 50.6 Å². The van der Waals surface area contributed by atoms with E-state index in [1.165, 1.54) is 51.7 Å². The van der Waals surface area contributed by atoms with Gasteiger partial charge in [-0.05, 0) is 74.5 Å². The fourth-order valence-corrected chi connectivity index (χ4v) is 6.11. The minimum atomic E-state index is -0.351. The van der Waals surface area contributed by atoms with Crippen LogP contribution in [0.2, 0.25) is 0 Å². The molecule has 1 aromatic carbocycles. The van der Waals surface area contributed by atoms with Crippen LogP contribution in [0.5, 0.6) is 5.75 Å². The maximum atomic E-state index is 13.8. The van der Waals surface area contributed by atoms with E-state index in [4.69, 9.17) is 4.74 Å². The Balaban J connectivity index is 1.32. The Morgan fingerprint density at radius 1 is 1.23 bits per heavy atom. The number of benzene rings is 1. The molecule has 26 heavy (non-hydrogen) atoms. The van der Waals surface area contributed by atoms with Crippen LogP contribution in [-0.2, 0) is 11.3 Å². The molecule has 0 saturated heterocycles. The van der Waals surface area contributed by atoms with Gasteiger partial charge in [0.1, 0.15) is 6.54 Å². The van der Waals surface area contributed by atoms with Crippen LogP contribution in [-0.4, -0.2) is 32.1 Å². The Morgan fingerprint density at radius 3 is 2.38 bits per heavy atom. The van der Waals surface area contributed by atoms with Crippen molar-refractivity contribution in [3.05, 3.63) is 29.6 Å². The zero-order chi connectivity index (χ0) is 18.3. The van der Waals surface area contributed by atoms with Gasteiger partial charge in [0.25, 0.3) is 5.91 Å². The van der Waals surface area contributed by atoms with Crippen molar-refractivity contribution < 1.29 is 18.8 Å². The lowest BCUT2D eigenvalue weighted by molar-refractivity contribution is -0.885. The van der Waals surface area contributed by atoms with Crippen LogP contribution >= 0.6 is 0 Å². The average Bonchev–Trinajstić information content (AvgIpc) is 2.52. The van der Waals surface area contributed by atoms with Crippen LogP contribution in [0, 0.1) is 23.6 Å². The zero-order valence-electron chi connectivity index (χ0n) is 15.8. The highest BCUT2D eigenvalue weighted by atomic mass is 19.1. The third kappa shape index (κ3) is 3.59. The smallest absolute Gasteiger partial charge is 0.275 e. The van der Waals surface area contributed by atoms with Crippen LogP contribution < -0.4 is 15.0 Å². The van der Waals surface area contributed by atoms with E-state index in [2.05, 4.69) is 5.32 Å². The van der Waals surface area contributed by atoms with Crippen LogP contribution in [0.1, 0.15) is 44.1 Å². The van der Waals surface area contributed by atoms with Crippen molar-refractivity contribution in [3.63, 3.8) is 0 Å². The predicted octanol–water partition coefficient (Wildman–Crippen LogP) is 1.93. The second-order valence-corrected chi connectivity index (χ2v) is 9.03. The Morgan fingerprint density at radius 2 is 1.85 bits per heavy atom. The van der Waals surface area contributed by atoms with E-state index in [0.29, 0.717) is 13.1 Å². The predicted molar refractivity (Wildman–Crippen MR) is 97.5 cm³/mol. The normalized spacial score (nSPS) is 33.1. The van der Waals surface area contributed by atoms with E-state index in [1.807, 2.05) is 13.1 Å². The van der Waals surface area contributed by atoms with E-state index >= 15 is 0 Å². The molecule has 0 radical (unpaired) electrons. The number of hydrogen-bond acceptors (Lipinski definition) is 2. The molecular weight excluding hydrogens is 331 g/mol. The molecule has 4 saturated carbocycles. The van der Waals surface area contributed by atoms with Crippen molar-refractivity contribution in [2.75, 3.05) is 20.7 Å². The first-order valence-electron chi connectivity index (χ1n) is 9.89. The minimum absolute atomic E-state index is 0.0678. The monoisotopic (exact) mass is 361 g/mol. The Kier molecular flexibility index (Phi) is 4.68. The average molecular weight is 361 g/mol. The van der Waals surface area contributed by atoms with Crippen molar-refractivity contribution in [1.82, 2.24) is 5.32 Å². The van der Waals surface area contributed by atoms with Crippen molar-refractivity contribution in [3.8, 4) is 5.75 Å². The highest BCUT2D eigenvalue weighted by Gasteiger charge is 2.51. The van der Waals surface area contributed by atoms with E-state index in [9.17, 15) is 9.18 Å². The Bertz CT molecular complexity index is 655. The van der Waals surface area contributed by atoms with Gasteiger partial charge in [0.05, 0.1) is 14.2 Å². The molecule has 1 aromatic rings. The second kappa shape index (κ2) is 6.84. The highest BCUT2D eigenvalue weighted by Crippen LogP contribution is 2.55. The number of carbonyl (C=O) groups excluding carboxylic acids is 1. The first-order chi connectivity index (χ1) is 12.4. The molecule has 142 valence electrons. The summed E-state index contributed by atoms with van der Waals surface area (Å²) in [6.07, 6.45) is 7.66. The summed E-state index contributed by atoms with van der Waals surface area (Å²) in [6.45, 7) is 1.05. The fraction of sp³-hybridized carbons (Fsp3) is 0.667. The van der Waals surface area contributed by atoms with Crippen LogP contribution in [0.15, 0.2) is 18.2 Å². The lowest BCUT2D eigenvalue weighted by Gasteiger charge is -2.56. The molecule has 1 amide bonds. The number of ether oxygens (including phenoxy) is 1. The van der Waals surface area contributed by atoms with E-state index in [0.717, 1.165) is 28.2 Å². The minimum Gasteiger partial charge on any atom is -0.494 e. The van der Waals surface area contributed by atoms with Gasteiger partial charge in [0, 0.05) is 11.1 Å². The summed E-state index contributed by atoms with van der Waals surface area (Å²) < 4.78 is 18.8. The van der Waals surface area contributed by atoms with Gasteiger partial charge in [-0.1, -0.05) is 0 Å². The molecule has 4 aliphatic carbocycles. The largest absolute Gasteiger partial charge is 0.494 e. The summed E-state index contributed by atoms with van der Waals surface area (Å²) in [5.74, 6) is 2.52. The van der Waals surface area contributed by atoms with Gasteiger partial charge < -0.3 is 15.0 Å². The summed E-state index contributed by atoms with van der Waals surface area (Å²) in [5, 5.41) is 3.42. The molecule has 2 N–H and O–H groups in total. The third-order valence-electron chi connectivity index (χ3n) is 6.63. The Labute approximate surface area is 155 Å². The molecule has 4 fully saturated rings. The lowest BCUT2D eigenvalue weighted by atomic mass is 9.53. The van der Waals surface area contributed by atoms with Crippen LogP contribution in [0.25, 0.3) is 0 Å². The summed E-state index contributed by atoms with van der Waals surface area (Å²) in [5.41, 5.74) is 0.946. The van der Waals surface area contributed by atoms with Gasteiger partial charge >= 0.3 is 0 Å². The quantitative estimate of drug-likeness (QED) is 0.813. The van der Waals surface area contributed by atoms with Crippen molar-refractivity contribution in [1.29, 1.82) is 0 Å². The maximum absolute atomic E-state index is 13.8. The Hall–Kier alpha value is -1.62. The second-order valence-electron chi connectivity index (χ2n) is 9.03. The molecule has 1 atom stereocenters. The van der Waals surface area contributed by atoms with Crippen molar-refractivity contribution >= 4 is 5.91 Å². The first kappa shape index (κ1) is 17.8. The molecule has 0 aromatic heterocycles. The van der Waals surface area contributed by atoms with Gasteiger partial charge in [-0.15, -0.1) is 0 Å². The molecule has 0 heterocycles. The molecule has 4 nitrogen and oxygen atoms in total. The number of carbonyl (C=O) groups is 1. The van der Waals surface area contributed by atoms with E-state index < -0.39 is 0 Å². The first-order valence-corrected chi connectivity index (χ1v) is 9.89. The van der Waals surface area contributed by atoms with Gasteiger partial charge in [-0.3, -0.25) is 4.79 Å². The van der Waals surface area contributed by atoms with Crippen LogP contribution in [0.3, 0.4) is 0 Å². The zero-order valence-corrected chi connectivity index (χ0v) is 15.8. The van der Waals surface area contributed by atoms with Gasteiger partial charge in [-0.25, -0.2) is 4.39 Å². The molecule has 0 spiro atoms. The number of quaternary nitrogens is 1.